The summed E-state index contributed by atoms with van der Waals surface area (Å²) in [6.45, 7) is 6.41. The van der Waals surface area contributed by atoms with E-state index >= 15 is 0 Å². The lowest BCUT2D eigenvalue weighted by molar-refractivity contribution is -0.144. The molecule has 1 aromatic carbocycles. The van der Waals surface area contributed by atoms with Crippen molar-refractivity contribution in [3.05, 3.63) is 35.7 Å². The Morgan fingerprint density at radius 2 is 1.76 bits per heavy atom. The molecule has 2 atom stereocenters. The number of fused-ring (bicyclic) bond motifs is 2. The molecule has 2 aliphatic carbocycles. The van der Waals surface area contributed by atoms with Crippen LogP contribution in [-0.2, 0) is 16.0 Å². The third-order valence-electron chi connectivity index (χ3n) is 7.72. The number of amides is 1. The Labute approximate surface area is 195 Å². The standard InChI is InChI=1S/C26H34N4O3/c1-18-7-9-19(10-8-18)25-27-23(33-28-25)6-3-11-29-12-14-30(15-13-29)26(32)22-16-20-4-2-5-21(17-22)24(20)31/h7-10,20-22H,2-6,11-17H2,1H3. The summed E-state index contributed by atoms with van der Waals surface area (Å²) in [5.41, 5.74) is 2.18. The first kappa shape index (κ1) is 22.3. The van der Waals surface area contributed by atoms with Gasteiger partial charge >= 0.3 is 0 Å². The van der Waals surface area contributed by atoms with Gasteiger partial charge in [0.15, 0.2) is 0 Å². The maximum atomic E-state index is 13.1. The Balaban J connectivity index is 1.05. The topological polar surface area (TPSA) is 79.5 Å². The first-order valence-electron chi connectivity index (χ1n) is 12.5. The van der Waals surface area contributed by atoms with Crippen LogP contribution >= 0.6 is 0 Å². The SMILES string of the molecule is Cc1ccc(-c2noc(CCCN3CCN(C(=O)C4CC5CCCC(C4)C5=O)CC3)n2)cc1. The molecule has 1 aromatic heterocycles. The van der Waals surface area contributed by atoms with Crippen LogP contribution in [0.3, 0.4) is 0 Å². The predicted molar refractivity (Wildman–Crippen MR) is 124 cm³/mol. The van der Waals surface area contributed by atoms with E-state index in [1.165, 1.54) is 5.56 Å². The van der Waals surface area contributed by atoms with E-state index < -0.39 is 0 Å². The van der Waals surface area contributed by atoms with Crippen LogP contribution in [0.2, 0.25) is 0 Å². The number of ketones is 1. The van der Waals surface area contributed by atoms with Crippen molar-refractivity contribution in [3.8, 4) is 11.4 Å². The zero-order valence-electron chi connectivity index (χ0n) is 19.5. The average Bonchev–Trinajstić information content (AvgIpc) is 3.28. The maximum absolute atomic E-state index is 13.1. The van der Waals surface area contributed by atoms with Crippen LogP contribution in [-0.4, -0.2) is 64.4 Å². The van der Waals surface area contributed by atoms with Crippen LogP contribution in [0.1, 0.15) is 50.0 Å². The molecule has 1 saturated heterocycles. The fraction of sp³-hybridized carbons (Fsp3) is 0.615. The highest BCUT2D eigenvalue weighted by atomic mass is 16.5. The molecule has 7 nitrogen and oxygen atoms in total. The molecule has 2 unspecified atom stereocenters. The van der Waals surface area contributed by atoms with E-state index in [0.29, 0.717) is 17.5 Å². The molecule has 33 heavy (non-hydrogen) atoms. The number of benzene rings is 1. The van der Waals surface area contributed by atoms with Gasteiger partial charge in [-0.15, -0.1) is 0 Å². The van der Waals surface area contributed by atoms with Crippen molar-refractivity contribution in [3.63, 3.8) is 0 Å². The van der Waals surface area contributed by atoms with Crippen LogP contribution in [0.4, 0.5) is 0 Å². The van der Waals surface area contributed by atoms with Gasteiger partial charge in [-0.05, 0) is 45.6 Å². The quantitative estimate of drug-likeness (QED) is 0.670. The van der Waals surface area contributed by atoms with Crippen molar-refractivity contribution in [1.29, 1.82) is 0 Å². The van der Waals surface area contributed by atoms with Gasteiger partial charge in [-0.1, -0.05) is 41.4 Å². The van der Waals surface area contributed by atoms with Gasteiger partial charge in [0, 0.05) is 55.9 Å². The van der Waals surface area contributed by atoms with Gasteiger partial charge in [0.05, 0.1) is 0 Å². The highest BCUT2D eigenvalue weighted by Crippen LogP contribution is 2.40. The number of piperazine rings is 1. The minimum absolute atomic E-state index is 0.0600. The Hall–Kier alpha value is -2.54. The second-order valence-electron chi connectivity index (χ2n) is 10.0. The van der Waals surface area contributed by atoms with Gasteiger partial charge in [0.2, 0.25) is 17.6 Å². The number of carbonyl (C=O) groups is 2. The van der Waals surface area contributed by atoms with Gasteiger partial charge in [-0.25, -0.2) is 0 Å². The molecule has 2 heterocycles. The molecule has 2 bridgehead atoms. The maximum Gasteiger partial charge on any atom is 0.227 e. The van der Waals surface area contributed by atoms with E-state index in [-0.39, 0.29) is 23.7 Å². The zero-order valence-corrected chi connectivity index (χ0v) is 19.5. The summed E-state index contributed by atoms with van der Waals surface area (Å²) >= 11 is 0. The molecule has 2 saturated carbocycles. The fourth-order valence-corrected chi connectivity index (χ4v) is 5.76. The summed E-state index contributed by atoms with van der Waals surface area (Å²) < 4.78 is 5.44. The van der Waals surface area contributed by atoms with E-state index in [0.717, 1.165) is 83.2 Å². The minimum atomic E-state index is 0.0600. The van der Waals surface area contributed by atoms with Crippen LogP contribution in [0.15, 0.2) is 28.8 Å². The molecule has 2 aromatic rings. The van der Waals surface area contributed by atoms with Gasteiger partial charge in [0.1, 0.15) is 5.78 Å². The van der Waals surface area contributed by atoms with Crippen molar-refractivity contribution < 1.29 is 14.1 Å². The smallest absolute Gasteiger partial charge is 0.227 e. The van der Waals surface area contributed by atoms with Gasteiger partial charge in [0.25, 0.3) is 0 Å². The highest BCUT2D eigenvalue weighted by Gasteiger charge is 2.42. The third-order valence-corrected chi connectivity index (χ3v) is 7.72. The number of carbonyl (C=O) groups excluding carboxylic acids is 2. The van der Waals surface area contributed by atoms with Crippen LogP contribution in [0.25, 0.3) is 11.4 Å². The monoisotopic (exact) mass is 450 g/mol. The number of nitrogens with zero attached hydrogens (tertiary/aromatic N) is 4. The molecule has 7 heteroatoms. The predicted octanol–water partition coefficient (Wildman–Crippen LogP) is 3.52. The first-order valence-corrected chi connectivity index (χ1v) is 12.5. The minimum Gasteiger partial charge on any atom is -0.340 e. The summed E-state index contributed by atoms with van der Waals surface area (Å²) in [4.78, 5) is 34.4. The Morgan fingerprint density at radius 1 is 1.06 bits per heavy atom. The summed E-state index contributed by atoms with van der Waals surface area (Å²) in [5.74, 6) is 2.39. The lowest BCUT2D eigenvalue weighted by Crippen LogP contribution is -2.52. The van der Waals surface area contributed by atoms with Gasteiger partial charge in [-0.3, -0.25) is 14.5 Å². The van der Waals surface area contributed by atoms with E-state index in [1.54, 1.807) is 0 Å². The first-order chi connectivity index (χ1) is 16.1. The number of aryl methyl sites for hydroxylation is 2. The van der Waals surface area contributed by atoms with E-state index in [4.69, 9.17) is 4.52 Å². The summed E-state index contributed by atoms with van der Waals surface area (Å²) in [6.07, 6.45) is 6.40. The van der Waals surface area contributed by atoms with Crippen molar-refractivity contribution in [2.24, 2.45) is 17.8 Å². The lowest BCUT2D eigenvalue weighted by Gasteiger charge is -2.41. The van der Waals surface area contributed by atoms with Crippen LogP contribution in [0.5, 0.6) is 0 Å². The third kappa shape index (κ3) is 5.03. The zero-order chi connectivity index (χ0) is 22.8. The number of hydrogen-bond acceptors (Lipinski definition) is 6. The van der Waals surface area contributed by atoms with Crippen molar-refractivity contribution in [2.45, 2.75) is 51.9 Å². The Kier molecular flexibility index (Phi) is 6.58. The van der Waals surface area contributed by atoms with E-state index in [2.05, 4.69) is 34.1 Å². The Morgan fingerprint density at radius 3 is 2.45 bits per heavy atom. The number of aromatic nitrogens is 2. The molecular formula is C26H34N4O3. The molecule has 3 fully saturated rings. The molecule has 1 aliphatic heterocycles. The lowest BCUT2D eigenvalue weighted by atomic mass is 9.67. The van der Waals surface area contributed by atoms with Crippen LogP contribution < -0.4 is 0 Å². The van der Waals surface area contributed by atoms with Gasteiger partial charge in [-0.2, -0.15) is 4.98 Å². The van der Waals surface area contributed by atoms with E-state index in [1.807, 2.05) is 17.0 Å². The van der Waals surface area contributed by atoms with Crippen molar-refractivity contribution in [2.75, 3.05) is 32.7 Å². The molecule has 0 spiro atoms. The number of Topliss-reactive ketones (excluding diaryl/α,β-unsaturated/α-hetero) is 1. The average molecular weight is 451 g/mol. The second-order valence-corrected chi connectivity index (χ2v) is 10.0. The normalized spacial score (nSPS) is 25.9. The molecule has 0 N–H and O–H groups in total. The fourth-order valence-electron chi connectivity index (χ4n) is 5.76. The largest absolute Gasteiger partial charge is 0.340 e. The van der Waals surface area contributed by atoms with E-state index in [9.17, 15) is 9.59 Å². The molecular weight excluding hydrogens is 416 g/mol. The number of rotatable bonds is 6. The molecule has 1 amide bonds. The molecule has 5 rings (SSSR count). The Bertz CT molecular complexity index is 962. The van der Waals surface area contributed by atoms with Gasteiger partial charge < -0.3 is 9.42 Å². The van der Waals surface area contributed by atoms with Crippen LogP contribution in [0, 0.1) is 24.7 Å². The molecule has 0 radical (unpaired) electrons. The van der Waals surface area contributed by atoms with Crippen molar-refractivity contribution in [1.82, 2.24) is 19.9 Å². The summed E-state index contributed by atoms with van der Waals surface area (Å²) in [5, 5.41) is 4.12. The summed E-state index contributed by atoms with van der Waals surface area (Å²) in [7, 11) is 0. The molecule has 3 aliphatic rings. The summed E-state index contributed by atoms with van der Waals surface area (Å²) in [6, 6.07) is 8.13. The highest BCUT2D eigenvalue weighted by molar-refractivity contribution is 5.88. The molecule has 176 valence electrons. The number of hydrogen-bond donors (Lipinski definition) is 0. The van der Waals surface area contributed by atoms with Crippen molar-refractivity contribution >= 4 is 11.7 Å². The second kappa shape index (κ2) is 9.75.